The Kier molecular flexibility index (Phi) is 7.98. The molecule has 2 fully saturated rings. The molecule has 1 heterocycles. The van der Waals surface area contributed by atoms with Crippen molar-refractivity contribution >= 4 is 23.5 Å². The molecule has 0 atom stereocenters. The summed E-state index contributed by atoms with van der Waals surface area (Å²) in [6.45, 7) is 8.53. The quantitative estimate of drug-likeness (QED) is 0.396. The van der Waals surface area contributed by atoms with Crippen LogP contribution in [0.15, 0.2) is 29.3 Å². The third kappa shape index (κ3) is 6.99. The number of halogens is 1. The van der Waals surface area contributed by atoms with Crippen LogP contribution in [0.2, 0.25) is 5.02 Å². The molecule has 1 aliphatic carbocycles. The zero-order chi connectivity index (χ0) is 19.8. The van der Waals surface area contributed by atoms with Gasteiger partial charge in [0.25, 0.3) is 0 Å². The number of benzene rings is 1. The molecule has 0 radical (unpaired) electrons. The number of nitrogens with zero attached hydrogens (tertiary/aromatic N) is 3. The summed E-state index contributed by atoms with van der Waals surface area (Å²) in [5.41, 5.74) is 1.29. The van der Waals surface area contributed by atoms with E-state index >= 15 is 0 Å². The lowest BCUT2D eigenvalue weighted by atomic mass is 10.2. The number of carbonyl (C=O) groups is 1. The molecule has 6 nitrogen and oxygen atoms in total. The van der Waals surface area contributed by atoms with E-state index in [0.717, 1.165) is 69.5 Å². The summed E-state index contributed by atoms with van der Waals surface area (Å²) in [5, 5.41) is 7.21. The van der Waals surface area contributed by atoms with Gasteiger partial charge in [0, 0.05) is 63.3 Å². The molecule has 7 heteroatoms. The molecule has 3 rings (SSSR count). The SMILES string of the molecule is CCNC(=NCCCC(=O)NC1CC1)N1CCN(Cc2ccc(Cl)cc2)CC1. The van der Waals surface area contributed by atoms with Crippen LogP contribution >= 0.6 is 11.6 Å². The van der Waals surface area contributed by atoms with Gasteiger partial charge in [-0.15, -0.1) is 0 Å². The van der Waals surface area contributed by atoms with Crippen LogP contribution in [0.3, 0.4) is 0 Å². The summed E-state index contributed by atoms with van der Waals surface area (Å²) in [4.78, 5) is 21.3. The Morgan fingerprint density at radius 2 is 1.89 bits per heavy atom. The number of nitrogens with one attached hydrogen (secondary N) is 2. The summed E-state index contributed by atoms with van der Waals surface area (Å²) in [6, 6.07) is 8.54. The number of hydrogen-bond donors (Lipinski definition) is 2. The topological polar surface area (TPSA) is 60.0 Å². The highest BCUT2D eigenvalue weighted by Gasteiger charge is 2.23. The molecular formula is C21H32ClN5O. The summed E-state index contributed by atoms with van der Waals surface area (Å²) >= 11 is 5.97. The van der Waals surface area contributed by atoms with E-state index < -0.39 is 0 Å². The lowest BCUT2D eigenvalue weighted by Crippen LogP contribution is -2.52. The minimum Gasteiger partial charge on any atom is -0.357 e. The molecule has 0 aromatic heterocycles. The van der Waals surface area contributed by atoms with Gasteiger partial charge in [-0.1, -0.05) is 23.7 Å². The Hall–Kier alpha value is -1.79. The third-order valence-electron chi connectivity index (χ3n) is 5.09. The van der Waals surface area contributed by atoms with E-state index in [0.29, 0.717) is 19.0 Å². The third-order valence-corrected chi connectivity index (χ3v) is 5.34. The first-order valence-electron chi connectivity index (χ1n) is 10.4. The maximum Gasteiger partial charge on any atom is 0.220 e. The molecule has 1 aromatic carbocycles. The zero-order valence-corrected chi connectivity index (χ0v) is 17.5. The number of carbonyl (C=O) groups excluding carboxylic acids is 1. The van der Waals surface area contributed by atoms with E-state index in [9.17, 15) is 4.79 Å². The van der Waals surface area contributed by atoms with E-state index in [2.05, 4.69) is 39.5 Å². The van der Waals surface area contributed by atoms with Crippen molar-refractivity contribution in [3.63, 3.8) is 0 Å². The summed E-state index contributed by atoms with van der Waals surface area (Å²) in [5.74, 6) is 1.13. The number of rotatable bonds is 8. The van der Waals surface area contributed by atoms with E-state index in [-0.39, 0.29) is 5.91 Å². The van der Waals surface area contributed by atoms with E-state index in [1.807, 2.05) is 12.1 Å². The van der Waals surface area contributed by atoms with Crippen molar-refractivity contribution in [2.75, 3.05) is 39.3 Å². The largest absolute Gasteiger partial charge is 0.357 e. The van der Waals surface area contributed by atoms with Gasteiger partial charge >= 0.3 is 0 Å². The van der Waals surface area contributed by atoms with Gasteiger partial charge in [0.2, 0.25) is 5.91 Å². The predicted octanol–water partition coefficient (Wildman–Crippen LogP) is 2.48. The maximum atomic E-state index is 11.8. The highest BCUT2D eigenvalue weighted by Crippen LogP contribution is 2.18. The zero-order valence-electron chi connectivity index (χ0n) is 16.8. The number of hydrogen-bond acceptors (Lipinski definition) is 3. The molecule has 2 N–H and O–H groups in total. The number of guanidine groups is 1. The fraction of sp³-hybridized carbons (Fsp3) is 0.619. The molecule has 1 amide bonds. The molecule has 0 bridgehead atoms. The Morgan fingerprint density at radius 3 is 2.54 bits per heavy atom. The van der Waals surface area contributed by atoms with Gasteiger partial charge in [-0.2, -0.15) is 0 Å². The lowest BCUT2D eigenvalue weighted by molar-refractivity contribution is -0.121. The van der Waals surface area contributed by atoms with Gasteiger partial charge in [-0.3, -0.25) is 14.7 Å². The second-order valence-electron chi connectivity index (χ2n) is 7.57. The van der Waals surface area contributed by atoms with Crippen LogP contribution in [0.1, 0.15) is 38.2 Å². The highest BCUT2D eigenvalue weighted by molar-refractivity contribution is 6.30. The van der Waals surface area contributed by atoms with Gasteiger partial charge in [0.05, 0.1) is 0 Å². The molecule has 154 valence electrons. The smallest absolute Gasteiger partial charge is 0.220 e. The van der Waals surface area contributed by atoms with Crippen LogP contribution in [-0.4, -0.2) is 67.0 Å². The van der Waals surface area contributed by atoms with Crippen molar-refractivity contribution in [2.45, 2.75) is 45.2 Å². The maximum absolute atomic E-state index is 11.8. The van der Waals surface area contributed by atoms with Gasteiger partial charge in [-0.25, -0.2) is 0 Å². The van der Waals surface area contributed by atoms with Crippen LogP contribution in [0.25, 0.3) is 0 Å². The first-order chi connectivity index (χ1) is 13.6. The normalized spacial score (nSPS) is 18.2. The molecule has 1 saturated carbocycles. The fourth-order valence-corrected chi connectivity index (χ4v) is 3.47. The summed E-state index contributed by atoms with van der Waals surface area (Å²) in [6.07, 6.45) is 3.63. The van der Waals surface area contributed by atoms with Crippen LogP contribution in [-0.2, 0) is 11.3 Å². The van der Waals surface area contributed by atoms with E-state index in [1.165, 1.54) is 5.56 Å². The Bertz CT molecular complexity index is 651. The van der Waals surface area contributed by atoms with Crippen LogP contribution in [0, 0.1) is 0 Å². The van der Waals surface area contributed by atoms with Crippen LogP contribution in [0.5, 0.6) is 0 Å². The molecule has 1 aliphatic heterocycles. The fourth-order valence-electron chi connectivity index (χ4n) is 3.34. The Morgan fingerprint density at radius 1 is 1.18 bits per heavy atom. The minimum atomic E-state index is 0.165. The van der Waals surface area contributed by atoms with Gasteiger partial charge < -0.3 is 15.5 Å². The average Bonchev–Trinajstić information content (AvgIpc) is 3.51. The Balaban J connectivity index is 1.41. The van der Waals surface area contributed by atoms with Crippen molar-refractivity contribution in [3.8, 4) is 0 Å². The molecule has 1 saturated heterocycles. The van der Waals surface area contributed by atoms with Crippen molar-refractivity contribution in [2.24, 2.45) is 4.99 Å². The molecule has 1 aromatic rings. The predicted molar refractivity (Wildman–Crippen MR) is 115 cm³/mol. The van der Waals surface area contributed by atoms with Crippen LogP contribution in [0.4, 0.5) is 0 Å². The molecular weight excluding hydrogens is 374 g/mol. The monoisotopic (exact) mass is 405 g/mol. The number of aliphatic imine (C=N–C) groups is 1. The van der Waals surface area contributed by atoms with Crippen molar-refractivity contribution in [1.82, 2.24) is 20.4 Å². The standard InChI is InChI=1S/C21H32ClN5O/c1-2-23-21(24-11-3-4-20(28)25-19-9-10-19)27-14-12-26(13-15-27)16-17-5-7-18(22)8-6-17/h5-8,19H,2-4,9-16H2,1H3,(H,23,24)(H,25,28). The van der Waals surface area contributed by atoms with E-state index in [1.54, 1.807) is 0 Å². The van der Waals surface area contributed by atoms with Gasteiger partial charge in [-0.05, 0) is 43.9 Å². The van der Waals surface area contributed by atoms with Crippen LogP contribution < -0.4 is 10.6 Å². The lowest BCUT2D eigenvalue weighted by Gasteiger charge is -2.36. The molecule has 0 unspecified atom stereocenters. The first-order valence-corrected chi connectivity index (χ1v) is 10.8. The number of piperazine rings is 1. The average molecular weight is 406 g/mol. The van der Waals surface area contributed by atoms with Crippen molar-refractivity contribution in [3.05, 3.63) is 34.9 Å². The van der Waals surface area contributed by atoms with E-state index in [4.69, 9.17) is 16.6 Å². The molecule has 2 aliphatic rings. The minimum absolute atomic E-state index is 0.165. The Labute approximate surface area is 173 Å². The van der Waals surface area contributed by atoms with Gasteiger partial charge in [0.1, 0.15) is 0 Å². The number of amides is 1. The molecule has 28 heavy (non-hydrogen) atoms. The summed E-state index contributed by atoms with van der Waals surface area (Å²) < 4.78 is 0. The van der Waals surface area contributed by atoms with Gasteiger partial charge in [0.15, 0.2) is 5.96 Å². The van der Waals surface area contributed by atoms with Crippen molar-refractivity contribution in [1.29, 1.82) is 0 Å². The second kappa shape index (κ2) is 10.7. The first kappa shape index (κ1) is 20.9. The highest BCUT2D eigenvalue weighted by atomic mass is 35.5. The second-order valence-corrected chi connectivity index (χ2v) is 8.01. The molecule has 0 spiro atoms. The summed E-state index contributed by atoms with van der Waals surface area (Å²) in [7, 11) is 0. The van der Waals surface area contributed by atoms with Crippen molar-refractivity contribution < 1.29 is 4.79 Å².